The standard InChI is InChI=1S/C30H40F3N3O4S/c1-5-41(39,40)25-12-10-23(11-13-25)29(4,18-37)35-28(38)21-14-22-17-36(27(19(2)3)26(22)34-15-21)16-20-6-8-24(9-7-20)30(31,32)33/h10-15,19-20,24,27,37H,5-9,16-18H2,1-4H3,(H,35,38)/t20-,24-,27-,29?/m0/s1. The topological polar surface area (TPSA) is 99.6 Å². The van der Waals surface area contributed by atoms with E-state index in [1.54, 1.807) is 26.0 Å². The Kier molecular flexibility index (Phi) is 9.21. The zero-order valence-corrected chi connectivity index (χ0v) is 24.9. The zero-order valence-electron chi connectivity index (χ0n) is 24.0. The van der Waals surface area contributed by atoms with Crippen LogP contribution in [0, 0.1) is 17.8 Å². The fraction of sp³-hybridized carbons (Fsp3) is 0.600. The molecule has 0 spiro atoms. The molecule has 2 aromatic rings. The Morgan fingerprint density at radius 2 is 1.78 bits per heavy atom. The molecule has 1 saturated carbocycles. The Balaban J connectivity index is 1.48. The molecular weight excluding hydrogens is 555 g/mol. The highest BCUT2D eigenvalue weighted by Crippen LogP contribution is 2.43. The number of aromatic nitrogens is 1. The zero-order chi connectivity index (χ0) is 30.2. The first-order valence-corrected chi connectivity index (χ1v) is 15.9. The fourth-order valence-corrected chi connectivity index (χ4v) is 7.05. The molecule has 11 heteroatoms. The van der Waals surface area contributed by atoms with Gasteiger partial charge in [-0.1, -0.05) is 32.9 Å². The summed E-state index contributed by atoms with van der Waals surface area (Å²) in [5.74, 6) is -1.24. The van der Waals surface area contributed by atoms with E-state index in [0.717, 1.165) is 11.3 Å². The number of nitrogens with one attached hydrogen (secondary N) is 1. The Morgan fingerprint density at radius 1 is 1.15 bits per heavy atom. The van der Waals surface area contributed by atoms with Gasteiger partial charge >= 0.3 is 6.18 Å². The summed E-state index contributed by atoms with van der Waals surface area (Å²) in [6.45, 7) is 8.28. The van der Waals surface area contributed by atoms with Gasteiger partial charge in [-0.3, -0.25) is 14.7 Å². The lowest BCUT2D eigenvalue weighted by molar-refractivity contribution is -0.184. The number of aliphatic hydroxyl groups excluding tert-OH is 1. The molecule has 4 rings (SSSR count). The van der Waals surface area contributed by atoms with Gasteiger partial charge in [0.2, 0.25) is 0 Å². The van der Waals surface area contributed by atoms with E-state index in [1.165, 1.54) is 18.3 Å². The normalized spacial score (nSPS) is 23.3. The van der Waals surface area contributed by atoms with Gasteiger partial charge in [0.15, 0.2) is 9.84 Å². The molecule has 41 heavy (non-hydrogen) atoms. The van der Waals surface area contributed by atoms with Crippen LogP contribution in [0.25, 0.3) is 0 Å². The largest absolute Gasteiger partial charge is 0.394 e. The van der Waals surface area contributed by atoms with Crippen molar-refractivity contribution in [2.45, 2.75) is 82.6 Å². The monoisotopic (exact) mass is 595 g/mol. The lowest BCUT2D eigenvalue weighted by Gasteiger charge is -2.35. The van der Waals surface area contributed by atoms with E-state index in [-0.39, 0.29) is 41.4 Å². The summed E-state index contributed by atoms with van der Waals surface area (Å²) in [6, 6.07) is 7.95. The summed E-state index contributed by atoms with van der Waals surface area (Å²) in [4.78, 5) is 20.5. The van der Waals surface area contributed by atoms with Crippen molar-refractivity contribution in [1.82, 2.24) is 15.2 Å². The predicted octanol–water partition coefficient (Wildman–Crippen LogP) is 5.39. The van der Waals surface area contributed by atoms with Gasteiger partial charge in [-0.25, -0.2) is 8.42 Å². The number of aliphatic hydroxyl groups is 1. The number of alkyl halides is 3. The molecule has 226 valence electrons. The number of pyridine rings is 1. The van der Waals surface area contributed by atoms with Crippen molar-refractivity contribution >= 4 is 15.7 Å². The molecule has 7 nitrogen and oxygen atoms in total. The minimum absolute atomic E-state index is 0.0167. The molecule has 1 aliphatic carbocycles. The van der Waals surface area contributed by atoms with Crippen LogP contribution in [0.15, 0.2) is 41.4 Å². The molecule has 1 unspecified atom stereocenters. The molecule has 1 aromatic carbocycles. The number of amides is 1. The van der Waals surface area contributed by atoms with E-state index in [1.807, 2.05) is 6.07 Å². The maximum atomic E-state index is 13.3. The third-order valence-corrected chi connectivity index (χ3v) is 10.4. The molecule has 0 saturated heterocycles. The molecule has 2 heterocycles. The van der Waals surface area contributed by atoms with E-state index in [0.29, 0.717) is 37.1 Å². The molecule has 1 aliphatic heterocycles. The van der Waals surface area contributed by atoms with Crippen LogP contribution in [0.5, 0.6) is 0 Å². The summed E-state index contributed by atoms with van der Waals surface area (Å²) in [7, 11) is -3.38. The van der Waals surface area contributed by atoms with Gasteiger partial charge in [0, 0.05) is 19.3 Å². The fourth-order valence-electron chi connectivity index (χ4n) is 6.17. The van der Waals surface area contributed by atoms with Crippen molar-refractivity contribution in [3.63, 3.8) is 0 Å². The van der Waals surface area contributed by atoms with Crippen molar-refractivity contribution in [3.05, 3.63) is 58.9 Å². The van der Waals surface area contributed by atoms with Crippen molar-refractivity contribution in [2.75, 3.05) is 18.9 Å². The Labute approximate surface area is 240 Å². The number of halogens is 3. The van der Waals surface area contributed by atoms with E-state index in [2.05, 4.69) is 29.0 Å². The highest BCUT2D eigenvalue weighted by molar-refractivity contribution is 7.91. The maximum Gasteiger partial charge on any atom is 0.391 e. The average molecular weight is 596 g/mol. The summed E-state index contributed by atoms with van der Waals surface area (Å²) >= 11 is 0. The molecule has 2 N–H and O–H groups in total. The van der Waals surface area contributed by atoms with E-state index >= 15 is 0 Å². The van der Waals surface area contributed by atoms with Gasteiger partial charge < -0.3 is 10.4 Å². The number of hydrogen-bond donors (Lipinski definition) is 2. The van der Waals surface area contributed by atoms with Gasteiger partial charge in [0.1, 0.15) is 0 Å². The number of rotatable bonds is 9. The smallest absolute Gasteiger partial charge is 0.391 e. The predicted molar refractivity (Wildman–Crippen MR) is 150 cm³/mol. The number of fused-ring (bicyclic) bond motifs is 1. The number of carbonyl (C=O) groups excluding carboxylic acids is 1. The van der Waals surface area contributed by atoms with E-state index < -0.39 is 40.0 Å². The van der Waals surface area contributed by atoms with Crippen molar-refractivity contribution in [2.24, 2.45) is 17.8 Å². The number of hydrogen-bond acceptors (Lipinski definition) is 6. The van der Waals surface area contributed by atoms with Crippen LogP contribution in [-0.4, -0.2) is 54.4 Å². The van der Waals surface area contributed by atoms with Gasteiger partial charge in [0.25, 0.3) is 5.91 Å². The van der Waals surface area contributed by atoms with Gasteiger partial charge in [-0.05, 0) is 73.8 Å². The molecule has 2 aliphatic rings. The summed E-state index contributed by atoms with van der Waals surface area (Å²) < 4.78 is 63.7. The van der Waals surface area contributed by atoms with Crippen LogP contribution in [0.1, 0.15) is 86.6 Å². The highest BCUT2D eigenvalue weighted by Gasteiger charge is 2.43. The maximum absolute atomic E-state index is 13.3. The summed E-state index contributed by atoms with van der Waals surface area (Å²) in [5, 5.41) is 13.1. The van der Waals surface area contributed by atoms with Crippen LogP contribution < -0.4 is 5.32 Å². The lowest BCUT2D eigenvalue weighted by atomic mass is 9.81. The second-order valence-electron chi connectivity index (χ2n) is 12.0. The average Bonchev–Trinajstić information content (AvgIpc) is 3.30. The summed E-state index contributed by atoms with van der Waals surface area (Å²) in [6.07, 6.45) is -1.16. The second kappa shape index (κ2) is 12.0. The quantitative estimate of drug-likeness (QED) is 0.403. The molecular formula is C30H40F3N3O4S. The van der Waals surface area contributed by atoms with Crippen LogP contribution >= 0.6 is 0 Å². The minimum Gasteiger partial charge on any atom is -0.394 e. The Bertz CT molecular complexity index is 1340. The Morgan fingerprint density at radius 3 is 2.32 bits per heavy atom. The van der Waals surface area contributed by atoms with Crippen LogP contribution in [0.2, 0.25) is 0 Å². The number of carbonyl (C=O) groups is 1. The van der Waals surface area contributed by atoms with Crippen LogP contribution in [0.3, 0.4) is 0 Å². The van der Waals surface area contributed by atoms with Gasteiger partial charge in [-0.15, -0.1) is 0 Å². The van der Waals surface area contributed by atoms with Crippen molar-refractivity contribution in [3.8, 4) is 0 Å². The number of nitrogens with zero attached hydrogens (tertiary/aromatic N) is 2. The van der Waals surface area contributed by atoms with Gasteiger partial charge in [-0.2, -0.15) is 13.2 Å². The lowest BCUT2D eigenvalue weighted by Crippen LogP contribution is -2.46. The summed E-state index contributed by atoms with van der Waals surface area (Å²) in [5.41, 5.74) is 1.54. The molecule has 1 amide bonds. The first kappa shape index (κ1) is 31.4. The first-order chi connectivity index (χ1) is 19.2. The Hall–Kier alpha value is -2.50. The molecule has 1 aromatic heterocycles. The molecule has 0 bridgehead atoms. The first-order valence-electron chi connectivity index (χ1n) is 14.2. The number of sulfone groups is 1. The molecule has 0 radical (unpaired) electrons. The minimum atomic E-state index is -4.12. The van der Waals surface area contributed by atoms with Gasteiger partial charge in [0.05, 0.1) is 46.0 Å². The van der Waals surface area contributed by atoms with E-state index in [4.69, 9.17) is 0 Å². The van der Waals surface area contributed by atoms with Crippen LogP contribution in [-0.2, 0) is 21.9 Å². The van der Waals surface area contributed by atoms with Crippen molar-refractivity contribution in [1.29, 1.82) is 0 Å². The number of benzene rings is 1. The SMILES string of the molecule is CCS(=O)(=O)c1ccc(C(C)(CO)NC(=O)c2cnc3c(c2)CN(C[C@H]2CC[C@H](C(F)(F)F)CC2)[C@H]3C(C)C)cc1. The third-order valence-electron chi connectivity index (χ3n) is 8.68. The highest BCUT2D eigenvalue weighted by atomic mass is 32.2. The second-order valence-corrected chi connectivity index (χ2v) is 14.3. The van der Waals surface area contributed by atoms with Crippen molar-refractivity contribution < 1.29 is 31.5 Å². The molecule has 2 atom stereocenters. The molecule has 1 fully saturated rings. The van der Waals surface area contributed by atoms with Crippen LogP contribution in [0.4, 0.5) is 13.2 Å². The van der Waals surface area contributed by atoms with E-state index in [9.17, 15) is 31.5 Å². The third kappa shape index (κ3) is 6.78.